The molecule has 2 rings (SSSR count). The highest BCUT2D eigenvalue weighted by Crippen LogP contribution is 2.28. The molecule has 0 radical (unpaired) electrons. The van der Waals surface area contributed by atoms with Crippen molar-refractivity contribution in [3.05, 3.63) is 57.6 Å². The van der Waals surface area contributed by atoms with Gasteiger partial charge in [-0.3, -0.25) is 4.72 Å². The van der Waals surface area contributed by atoms with Crippen molar-refractivity contribution in [2.75, 3.05) is 4.72 Å². The fourth-order valence-corrected chi connectivity index (χ4v) is 3.46. The Morgan fingerprint density at radius 2 is 1.65 bits per heavy atom. The molecule has 3 nitrogen and oxygen atoms in total. The van der Waals surface area contributed by atoms with Gasteiger partial charge in [0.1, 0.15) is 0 Å². The molecule has 0 atom stereocenters. The van der Waals surface area contributed by atoms with Gasteiger partial charge in [-0.25, -0.2) is 8.42 Å². The minimum Gasteiger partial charge on any atom is -0.278 e. The topological polar surface area (TPSA) is 46.2 Å². The molecule has 0 aliphatic heterocycles. The van der Waals surface area contributed by atoms with Gasteiger partial charge in [-0.15, -0.1) is 0 Å². The van der Waals surface area contributed by atoms with Crippen LogP contribution in [0.1, 0.15) is 16.7 Å². The summed E-state index contributed by atoms with van der Waals surface area (Å²) in [7, 11) is -3.57. The predicted octanol–water partition coefficient (Wildman–Crippen LogP) is 4.18. The van der Waals surface area contributed by atoms with Crippen LogP contribution in [-0.4, -0.2) is 8.42 Å². The van der Waals surface area contributed by atoms with E-state index in [1.807, 2.05) is 39.0 Å². The number of sulfonamides is 1. The highest BCUT2D eigenvalue weighted by atomic mass is 79.9. The SMILES string of the molecule is Cc1ccc(S(=O)(=O)Nc2cccc(C)c2Br)cc1C. The van der Waals surface area contributed by atoms with E-state index in [0.717, 1.165) is 21.2 Å². The largest absolute Gasteiger partial charge is 0.278 e. The lowest BCUT2D eigenvalue weighted by atomic mass is 10.1. The van der Waals surface area contributed by atoms with E-state index in [-0.39, 0.29) is 4.90 Å². The van der Waals surface area contributed by atoms with Crippen molar-refractivity contribution in [2.45, 2.75) is 25.7 Å². The number of anilines is 1. The van der Waals surface area contributed by atoms with Crippen LogP contribution in [-0.2, 0) is 10.0 Å². The van der Waals surface area contributed by atoms with Crippen molar-refractivity contribution < 1.29 is 8.42 Å². The van der Waals surface area contributed by atoms with Crippen molar-refractivity contribution in [1.82, 2.24) is 0 Å². The van der Waals surface area contributed by atoms with Crippen molar-refractivity contribution in [2.24, 2.45) is 0 Å². The lowest BCUT2D eigenvalue weighted by Crippen LogP contribution is -2.13. The molecule has 0 saturated heterocycles. The maximum Gasteiger partial charge on any atom is 0.261 e. The fraction of sp³-hybridized carbons (Fsp3) is 0.200. The highest BCUT2D eigenvalue weighted by molar-refractivity contribution is 9.10. The molecule has 0 aliphatic rings. The van der Waals surface area contributed by atoms with E-state index < -0.39 is 10.0 Å². The molecule has 1 N–H and O–H groups in total. The highest BCUT2D eigenvalue weighted by Gasteiger charge is 2.16. The molecule has 0 amide bonds. The number of halogens is 1. The second-order valence-corrected chi connectivity index (χ2v) is 7.26. The zero-order valence-electron chi connectivity index (χ0n) is 11.6. The number of nitrogens with one attached hydrogen (secondary N) is 1. The van der Waals surface area contributed by atoms with Gasteiger partial charge < -0.3 is 0 Å². The van der Waals surface area contributed by atoms with Gasteiger partial charge in [-0.1, -0.05) is 18.2 Å². The minimum absolute atomic E-state index is 0.272. The zero-order chi connectivity index (χ0) is 14.9. The van der Waals surface area contributed by atoms with Crippen LogP contribution in [0.15, 0.2) is 45.8 Å². The summed E-state index contributed by atoms with van der Waals surface area (Å²) in [4.78, 5) is 0.272. The Morgan fingerprint density at radius 3 is 2.30 bits per heavy atom. The summed E-state index contributed by atoms with van der Waals surface area (Å²) in [6.45, 7) is 5.77. The van der Waals surface area contributed by atoms with Gasteiger partial charge in [-0.2, -0.15) is 0 Å². The van der Waals surface area contributed by atoms with Crippen molar-refractivity contribution in [3.63, 3.8) is 0 Å². The average Bonchev–Trinajstić information content (AvgIpc) is 2.38. The van der Waals surface area contributed by atoms with E-state index in [2.05, 4.69) is 20.7 Å². The minimum atomic E-state index is -3.57. The molecular weight excluding hydrogens is 338 g/mol. The maximum absolute atomic E-state index is 12.4. The molecule has 0 aliphatic carbocycles. The Labute approximate surface area is 128 Å². The second kappa shape index (κ2) is 5.58. The maximum atomic E-state index is 12.4. The van der Waals surface area contributed by atoms with E-state index >= 15 is 0 Å². The first kappa shape index (κ1) is 15.1. The molecule has 2 aromatic carbocycles. The molecule has 0 saturated carbocycles. The normalized spacial score (nSPS) is 11.4. The van der Waals surface area contributed by atoms with E-state index in [9.17, 15) is 8.42 Å². The Hall–Kier alpha value is -1.33. The van der Waals surface area contributed by atoms with E-state index in [1.54, 1.807) is 18.2 Å². The molecule has 0 unspecified atom stereocenters. The summed E-state index contributed by atoms with van der Waals surface area (Å²) < 4.78 is 28.2. The predicted molar refractivity (Wildman–Crippen MR) is 85.6 cm³/mol. The lowest BCUT2D eigenvalue weighted by molar-refractivity contribution is 0.601. The van der Waals surface area contributed by atoms with Crippen LogP contribution in [0.5, 0.6) is 0 Å². The summed E-state index contributed by atoms with van der Waals surface area (Å²) in [5, 5.41) is 0. The monoisotopic (exact) mass is 353 g/mol. The van der Waals surface area contributed by atoms with Gasteiger partial charge in [0.15, 0.2) is 0 Å². The number of rotatable bonds is 3. The number of benzene rings is 2. The Balaban J connectivity index is 2.41. The number of aryl methyl sites for hydroxylation is 3. The quantitative estimate of drug-likeness (QED) is 0.899. The lowest BCUT2D eigenvalue weighted by Gasteiger charge is -2.12. The van der Waals surface area contributed by atoms with Gasteiger partial charge in [0.25, 0.3) is 10.0 Å². The Bertz CT molecular complexity index is 754. The first-order chi connectivity index (χ1) is 9.31. The molecular formula is C15H16BrNO2S. The zero-order valence-corrected chi connectivity index (χ0v) is 14.0. The fourth-order valence-electron chi connectivity index (χ4n) is 1.81. The number of hydrogen-bond donors (Lipinski definition) is 1. The van der Waals surface area contributed by atoms with Crippen LogP contribution in [0, 0.1) is 20.8 Å². The third-order valence-corrected chi connectivity index (χ3v) is 5.64. The Morgan fingerprint density at radius 1 is 0.950 bits per heavy atom. The standard InChI is InChI=1S/C15H16BrNO2S/c1-10-7-8-13(9-12(10)3)20(18,19)17-14-6-4-5-11(2)15(14)16/h4-9,17H,1-3H3. The summed E-state index contributed by atoms with van der Waals surface area (Å²) in [6.07, 6.45) is 0. The molecule has 0 heterocycles. The summed E-state index contributed by atoms with van der Waals surface area (Å²) in [6, 6.07) is 10.6. The smallest absolute Gasteiger partial charge is 0.261 e. The van der Waals surface area contributed by atoms with Gasteiger partial charge in [0.05, 0.1) is 10.6 Å². The third-order valence-electron chi connectivity index (χ3n) is 3.22. The first-order valence-corrected chi connectivity index (χ1v) is 8.44. The first-order valence-electron chi connectivity index (χ1n) is 6.16. The molecule has 0 fully saturated rings. The van der Waals surface area contributed by atoms with Crippen LogP contribution in [0.4, 0.5) is 5.69 Å². The Kier molecular flexibility index (Phi) is 4.20. The second-order valence-electron chi connectivity index (χ2n) is 4.79. The molecule has 0 bridgehead atoms. The van der Waals surface area contributed by atoms with Crippen molar-refractivity contribution >= 4 is 31.6 Å². The van der Waals surface area contributed by atoms with E-state index in [0.29, 0.717) is 5.69 Å². The molecule has 0 aromatic heterocycles. The van der Waals surface area contributed by atoms with Crippen LogP contribution in [0.3, 0.4) is 0 Å². The summed E-state index contributed by atoms with van der Waals surface area (Å²) >= 11 is 3.40. The van der Waals surface area contributed by atoms with E-state index in [4.69, 9.17) is 0 Å². The summed E-state index contributed by atoms with van der Waals surface area (Å²) in [5.74, 6) is 0. The van der Waals surface area contributed by atoms with E-state index in [1.165, 1.54) is 0 Å². The van der Waals surface area contributed by atoms with Gasteiger partial charge >= 0.3 is 0 Å². The molecule has 20 heavy (non-hydrogen) atoms. The van der Waals surface area contributed by atoms with Crippen LogP contribution in [0.2, 0.25) is 0 Å². The van der Waals surface area contributed by atoms with Gasteiger partial charge in [0.2, 0.25) is 0 Å². The summed E-state index contributed by atoms with van der Waals surface area (Å²) in [5.41, 5.74) is 3.55. The van der Waals surface area contributed by atoms with Crippen LogP contribution < -0.4 is 4.72 Å². The van der Waals surface area contributed by atoms with Gasteiger partial charge in [-0.05, 0) is 71.6 Å². The number of hydrogen-bond acceptors (Lipinski definition) is 2. The van der Waals surface area contributed by atoms with Crippen molar-refractivity contribution in [3.8, 4) is 0 Å². The van der Waals surface area contributed by atoms with Crippen LogP contribution in [0.25, 0.3) is 0 Å². The molecule has 0 spiro atoms. The molecule has 106 valence electrons. The molecule has 2 aromatic rings. The van der Waals surface area contributed by atoms with Crippen molar-refractivity contribution in [1.29, 1.82) is 0 Å². The third kappa shape index (κ3) is 3.04. The average molecular weight is 354 g/mol. The molecule has 5 heteroatoms. The van der Waals surface area contributed by atoms with Gasteiger partial charge in [0, 0.05) is 4.47 Å². The van der Waals surface area contributed by atoms with Crippen LogP contribution >= 0.6 is 15.9 Å².